The minimum atomic E-state index is -1.48. The number of carboxylic acid groups (broad SMARTS) is 1. The number of carbonyl (C=O) groups is 5. The summed E-state index contributed by atoms with van der Waals surface area (Å²) in [5, 5.41) is 16.4. The van der Waals surface area contributed by atoms with Gasteiger partial charge in [-0.25, -0.2) is 14.4 Å². The van der Waals surface area contributed by atoms with E-state index in [0.29, 0.717) is 22.9 Å². The maximum atomic E-state index is 14.1. The highest BCUT2D eigenvalue weighted by molar-refractivity contribution is 6.34. The first-order valence-corrected chi connectivity index (χ1v) is 16.4. The Hall–Kier alpha value is -3.51. The standard InChI is InChI=1S/C32H40Cl2N4O8/c1-31(2,3)46-29(43)35-24-10-8-6-4-5-7-9-18-14-32(18,28(41)42)36-26(39)25-13-19(15-38(25)27(24)40)45-30(44)37-16-20-21(17-37)23(34)12-11-22(20)33/h7,9,11-12,18-19,24-25H,4-6,8,10,13-17H2,1-3H3,(H,35,43)(H,36,39)(H,41,42)/t18-,19-,24-,25+,32-/m1/s1. The molecule has 0 aromatic heterocycles. The summed E-state index contributed by atoms with van der Waals surface area (Å²) >= 11 is 12.7. The van der Waals surface area contributed by atoms with Crippen molar-refractivity contribution in [3.63, 3.8) is 0 Å². The smallest absolute Gasteiger partial charge is 0.410 e. The predicted octanol–water partition coefficient (Wildman–Crippen LogP) is 4.79. The van der Waals surface area contributed by atoms with Gasteiger partial charge in [0.2, 0.25) is 11.8 Å². The van der Waals surface area contributed by atoms with Gasteiger partial charge in [0.05, 0.1) is 19.6 Å². The minimum Gasteiger partial charge on any atom is -0.479 e. The van der Waals surface area contributed by atoms with Gasteiger partial charge >= 0.3 is 18.2 Å². The van der Waals surface area contributed by atoms with E-state index in [1.807, 2.05) is 12.2 Å². The largest absolute Gasteiger partial charge is 0.479 e. The van der Waals surface area contributed by atoms with Gasteiger partial charge in [-0.1, -0.05) is 48.2 Å². The van der Waals surface area contributed by atoms with E-state index < -0.39 is 59.3 Å². The zero-order chi connectivity index (χ0) is 33.4. The fraction of sp³-hybridized carbons (Fsp3) is 0.594. The van der Waals surface area contributed by atoms with Gasteiger partial charge in [-0.2, -0.15) is 0 Å². The van der Waals surface area contributed by atoms with E-state index in [0.717, 1.165) is 30.4 Å². The van der Waals surface area contributed by atoms with E-state index >= 15 is 0 Å². The van der Waals surface area contributed by atoms with Crippen molar-refractivity contribution in [1.29, 1.82) is 0 Å². The average molecular weight is 680 g/mol. The van der Waals surface area contributed by atoms with Crippen LogP contribution in [0.25, 0.3) is 0 Å². The summed E-state index contributed by atoms with van der Waals surface area (Å²) in [6.07, 6.45) is 4.84. The van der Waals surface area contributed by atoms with Crippen molar-refractivity contribution >= 4 is 53.2 Å². The Morgan fingerprint density at radius 1 is 1.07 bits per heavy atom. The van der Waals surface area contributed by atoms with Crippen LogP contribution in [0, 0.1) is 5.92 Å². The first-order valence-electron chi connectivity index (χ1n) is 15.6. The number of benzene rings is 1. The lowest BCUT2D eigenvalue weighted by molar-refractivity contribution is -0.145. The Morgan fingerprint density at radius 3 is 2.37 bits per heavy atom. The number of hydrogen-bond acceptors (Lipinski definition) is 7. The van der Waals surface area contributed by atoms with Crippen LogP contribution in [-0.2, 0) is 36.9 Å². The second kappa shape index (κ2) is 13.3. The van der Waals surface area contributed by atoms with Crippen LogP contribution in [-0.4, -0.2) is 80.7 Å². The summed E-state index contributed by atoms with van der Waals surface area (Å²) in [7, 11) is 0. The summed E-state index contributed by atoms with van der Waals surface area (Å²) in [4.78, 5) is 69.0. The highest BCUT2D eigenvalue weighted by atomic mass is 35.5. The molecule has 2 fully saturated rings. The van der Waals surface area contributed by atoms with Crippen LogP contribution in [0.3, 0.4) is 0 Å². The van der Waals surface area contributed by atoms with Gasteiger partial charge in [-0.05, 0) is 69.7 Å². The van der Waals surface area contributed by atoms with Crippen molar-refractivity contribution in [1.82, 2.24) is 20.4 Å². The number of fused-ring (bicyclic) bond motifs is 3. The molecule has 0 unspecified atom stereocenters. The van der Waals surface area contributed by atoms with E-state index in [1.54, 1.807) is 32.9 Å². The Labute approximate surface area is 277 Å². The van der Waals surface area contributed by atoms with Gasteiger partial charge in [0.25, 0.3) is 0 Å². The zero-order valence-electron chi connectivity index (χ0n) is 26.1. The Bertz CT molecular complexity index is 1410. The van der Waals surface area contributed by atoms with Crippen molar-refractivity contribution in [2.24, 2.45) is 5.92 Å². The molecule has 250 valence electrons. The SMILES string of the molecule is CC(C)(C)OC(=O)N[C@@H]1CCCCCC=C[C@@H]2C[C@@]2(C(=O)O)NC(=O)[C@@H]2C[C@@H](OC(=O)N3Cc4c(Cl)ccc(Cl)c4C3)CN2C1=O. The molecule has 5 atom stereocenters. The van der Waals surface area contributed by atoms with E-state index in [1.165, 1.54) is 9.80 Å². The number of rotatable bonds is 3. The highest BCUT2D eigenvalue weighted by Gasteiger charge is 2.61. The molecule has 0 radical (unpaired) electrons. The number of hydrogen-bond donors (Lipinski definition) is 3. The molecule has 46 heavy (non-hydrogen) atoms. The van der Waals surface area contributed by atoms with Gasteiger partial charge in [-0.15, -0.1) is 0 Å². The quantitative estimate of drug-likeness (QED) is 0.386. The number of aliphatic carboxylic acids is 1. The van der Waals surface area contributed by atoms with Gasteiger partial charge in [0, 0.05) is 22.4 Å². The molecule has 1 aromatic carbocycles. The van der Waals surface area contributed by atoms with Gasteiger partial charge in [-0.3, -0.25) is 14.5 Å². The third-order valence-corrected chi connectivity index (χ3v) is 9.56. The Morgan fingerprint density at radius 2 is 1.74 bits per heavy atom. The zero-order valence-corrected chi connectivity index (χ0v) is 27.7. The monoisotopic (exact) mass is 678 g/mol. The number of nitrogens with one attached hydrogen (secondary N) is 2. The number of amides is 4. The summed E-state index contributed by atoms with van der Waals surface area (Å²) < 4.78 is 11.2. The number of ether oxygens (including phenoxy) is 2. The summed E-state index contributed by atoms with van der Waals surface area (Å²) in [6.45, 7) is 5.38. The fourth-order valence-electron chi connectivity index (χ4n) is 6.36. The average Bonchev–Trinajstić information content (AvgIpc) is 3.29. The van der Waals surface area contributed by atoms with E-state index in [4.69, 9.17) is 32.7 Å². The number of alkyl carbamates (subject to hydrolysis) is 1. The summed E-state index contributed by atoms with van der Waals surface area (Å²) in [5.41, 5.74) is -0.833. The number of carboxylic acids is 1. The molecule has 14 heteroatoms. The third-order valence-electron chi connectivity index (χ3n) is 8.85. The predicted molar refractivity (Wildman–Crippen MR) is 168 cm³/mol. The number of nitrogens with zero attached hydrogens (tertiary/aromatic N) is 2. The third kappa shape index (κ3) is 7.38. The molecule has 1 saturated carbocycles. The molecule has 4 aliphatic rings. The summed E-state index contributed by atoms with van der Waals surface area (Å²) in [5.74, 6) is -2.74. The van der Waals surface area contributed by atoms with Crippen molar-refractivity contribution in [3.8, 4) is 0 Å². The summed E-state index contributed by atoms with van der Waals surface area (Å²) in [6, 6.07) is 1.17. The molecule has 1 saturated heterocycles. The van der Waals surface area contributed by atoms with Crippen LogP contribution >= 0.6 is 23.2 Å². The van der Waals surface area contributed by atoms with Crippen LogP contribution in [0.15, 0.2) is 24.3 Å². The maximum absolute atomic E-state index is 14.1. The van der Waals surface area contributed by atoms with Crippen molar-refractivity contribution in [2.45, 2.75) is 108 Å². The van der Waals surface area contributed by atoms with E-state index in [9.17, 15) is 29.1 Å². The number of allylic oxidation sites excluding steroid dienone is 1. The fourth-order valence-corrected chi connectivity index (χ4v) is 6.83. The van der Waals surface area contributed by atoms with Crippen LogP contribution in [0.5, 0.6) is 0 Å². The molecule has 3 heterocycles. The second-order valence-corrected chi connectivity index (χ2v) is 14.2. The maximum Gasteiger partial charge on any atom is 0.410 e. The highest BCUT2D eigenvalue weighted by Crippen LogP contribution is 2.45. The molecule has 1 aromatic rings. The van der Waals surface area contributed by atoms with Crippen molar-refractivity contribution in [2.75, 3.05) is 6.54 Å². The van der Waals surface area contributed by atoms with Gasteiger partial charge < -0.3 is 30.1 Å². The van der Waals surface area contributed by atoms with Crippen molar-refractivity contribution in [3.05, 3.63) is 45.5 Å². The molecular formula is C32H40Cl2N4O8. The van der Waals surface area contributed by atoms with Crippen LogP contribution in [0.1, 0.15) is 76.8 Å². The number of carbonyl (C=O) groups excluding carboxylic acids is 4. The first-order chi connectivity index (χ1) is 21.7. The normalized spacial score (nSPS) is 28.2. The lowest BCUT2D eigenvalue weighted by Crippen LogP contribution is -2.56. The van der Waals surface area contributed by atoms with E-state index in [2.05, 4.69) is 10.6 Å². The van der Waals surface area contributed by atoms with Gasteiger partial charge in [0.1, 0.15) is 29.3 Å². The molecule has 5 rings (SSSR count). The lowest BCUT2D eigenvalue weighted by atomic mass is 10.0. The molecule has 3 N–H and O–H groups in total. The van der Waals surface area contributed by atoms with E-state index in [-0.39, 0.29) is 38.4 Å². The molecule has 0 spiro atoms. The molecular weight excluding hydrogens is 639 g/mol. The Balaban J connectivity index is 1.37. The molecule has 4 amide bonds. The molecule has 0 bridgehead atoms. The lowest BCUT2D eigenvalue weighted by Gasteiger charge is -2.30. The Kier molecular flexibility index (Phi) is 9.79. The molecule has 1 aliphatic carbocycles. The van der Waals surface area contributed by atoms with Gasteiger partial charge in [0.15, 0.2) is 0 Å². The molecule has 3 aliphatic heterocycles. The minimum absolute atomic E-state index is 0.0546. The molecule has 12 nitrogen and oxygen atoms in total. The van der Waals surface area contributed by atoms with Crippen molar-refractivity contribution < 1.29 is 38.6 Å². The topological polar surface area (TPSA) is 155 Å². The second-order valence-electron chi connectivity index (χ2n) is 13.4. The van der Waals surface area contributed by atoms with Crippen LogP contribution < -0.4 is 10.6 Å². The van der Waals surface area contributed by atoms with Crippen LogP contribution in [0.4, 0.5) is 9.59 Å². The first kappa shape index (κ1) is 33.8. The number of halogens is 2. The van der Waals surface area contributed by atoms with Crippen LogP contribution in [0.2, 0.25) is 10.0 Å².